The summed E-state index contributed by atoms with van der Waals surface area (Å²) in [7, 11) is 0. The Kier molecular flexibility index (Phi) is 8.09. The molecule has 2 aromatic rings. The van der Waals surface area contributed by atoms with E-state index < -0.39 is 5.97 Å². The summed E-state index contributed by atoms with van der Waals surface area (Å²) in [5, 5.41) is 20.7. The van der Waals surface area contributed by atoms with Gasteiger partial charge in [0.15, 0.2) is 0 Å². The number of hydrogen-bond acceptors (Lipinski definition) is 4. The van der Waals surface area contributed by atoms with E-state index >= 15 is 0 Å². The molecule has 0 spiro atoms. The number of rotatable bonds is 8. The Hall–Kier alpha value is -1.69. The molecule has 0 radical (unpaired) electrons. The molecular weight excluding hydrogens is 715 g/mol. The number of amides is 1. The minimum atomic E-state index is -1.11. The molecule has 35 heavy (non-hydrogen) atoms. The zero-order valence-corrected chi connectivity index (χ0v) is 24.3. The number of aromatic nitrogens is 1. The molecule has 1 aromatic heterocycles. The molecule has 1 amide bonds. The number of fused-ring (bicyclic) bond motifs is 2. The van der Waals surface area contributed by atoms with E-state index in [1.807, 2.05) is 0 Å². The maximum atomic E-state index is 13.1. The number of ether oxygens (including phenoxy) is 1. The van der Waals surface area contributed by atoms with Crippen LogP contribution in [0.2, 0.25) is 10.0 Å². The standard InChI is InChI=1S/C25H21Cl2N3O4.U/c26-18-2-1-3-19(27)22(18)23(28)14(8-13-4-5-13)12-34-21-10-16-9-17(21)24(31)30(16)15-6-7-20(25(32)33)29-11-15;/h1-3,6-7,11,13,16-17,21H,4-5,9-10,12H2,(H,32,33);/q-2;+2/t16-,17+,21+;/m0./s1. The molecule has 1 aromatic carbocycles. The van der Waals surface area contributed by atoms with E-state index in [1.54, 1.807) is 29.2 Å². The van der Waals surface area contributed by atoms with Crippen LogP contribution in [-0.4, -0.2) is 46.4 Å². The van der Waals surface area contributed by atoms with E-state index in [1.165, 1.54) is 12.3 Å². The first-order chi connectivity index (χ1) is 16.3. The molecule has 0 unspecified atom stereocenters. The predicted octanol–water partition coefficient (Wildman–Crippen LogP) is 4.80. The Balaban J connectivity index is 0.00000289. The van der Waals surface area contributed by atoms with Gasteiger partial charge in [0.25, 0.3) is 0 Å². The smallest absolute Gasteiger partial charge is 0.904 e. The summed E-state index contributed by atoms with van der Waals surface area (Å²) < 4.78 is 6.15. The van der Waals surface area contributed by atoms with Crippen molar-refractivity contribution in [1.29, 1.82) is 0 Å². The molecule has 1 N–H and O–H groups in total. The molecule has 2 saturated carbocycles. The molecule has 7 nitrogen and oxygen atoms in total. The van der Waals surface area contributed by atoms with Crippen molar-refractivity contribution in [1.82, 2.24) is 4.98 Å². The van der Waals surface area contributed by atoms with Gasteiger partial charge in [-0.05, 0) is 37.1 Å². The first-order valence-electron chi connectivity index (χ1n) is 11.1. The van der Waals surface area contributed by atoms with Crippen LogP contribution < -0.4 is 4.90 Å². The van der Waals surface area contributed by atoms with Gasteiger partial charge < -0.3 is 25.9 Å². The monoisotopic (exact) mass is 735 g/mol. The Labute approximate surface area is 236 Å². The summed E-state index contributed by atoms with van der Waals surface area (Å²) >= 11 is 12.6. The van der Waals surface area contributed by atoms with Crippen molar-refractivity contribution in [3.05, 3.63) is 74.9 Å². The Morgan fingerprint density at radius 1 is 1.20 bits per heavy atom. The summed E-state index contributed by atoms with van der Waals surface area (Å²) in [4.78, 5) is 29.7. The maximum absolute atomic E-state index is 13.1. The van der Waals surface area contributed by atoms with E-state index in [0.29, 0.717) is 39.7 Å². The van der Waals surface area contributed by atoms with E-state index in [4.69, 9.17) is 33.0 Å². The molecule has 10 heteroatoms. The zero-order valence-electron chi connectivity index (χ0n) is 18.6. The summed E-state index contributed by atoms with van der Waals surface area (Å²) in [6.45, 7) is 0.0971. The van der Waals surface area contributed by atoms with Crippen LogP contribution in [0.3, 0.4) is 0 Å². The molecule has 1 aliphatic heterocycles. The van der Waals surface area contributed by atoms with E-state index in [0.717, 1.165) is 12.8 Å². The number of benzene rings is 1. The Morgan fingerprint density at radius 2 is 1.91 bits per heavy atom. The number of allylic oxidation sites excluding steroid dienone is 1. The van der Waals surface area contributed by atoms with Crippen LogP contribution >= 0.6 is 23.2 Å². The molecule has 3 fully saturated rings. The molecular formula is C25H21Cl2N3O4U. The normalized spacial score (nSPS) is 23.4. The average Bonchev–Trinajstić information content (AvgIpc) is 3.45. The van der Waals surface area contributed by atoms with Crippen LogP contribution in [0.1, 0.15) is 41.7 Å². The number of carboxylic acid groups (broad SMARTS) is 1. The number of hydrogen-bond donors (Lipinski definition) is 1. The zero-order chi connectivity index (χ0) is 24.0. The van der Waals surface area contributed by atoms with Crippen LogP contribution in [0.25, 0.3) is 5.41 Å². The van der Waals surface area contributed by atoms with Gasteiger partial charge in [-0.2, -0.15) is 0 Å². The second kappa shape index (κ2) is 10.7. The van der Waals surface area contributed by atoms with E-state index in [-0.39, 0.29) is 79.0 Å². The Morgan fingerprint density at radius 3 is 2.49 bits per heavy atom. The summed E-state index contributed by atoms with van der Waals surface area (Å²) in [6, 6.07) is 8.00. The fourth-order valence-electron chi connectivity index (χ4n) is 4.70. The van der Waals surface area contributed by atoms with Gasteiger partial charge in [0.05, 0.1) is 23.9 Å². The van der Waals surface area contributed by atoms with Crippen LogP contribution in [0.4, 0.5) is 5.69 Å². The molecule has 3 aliphatic rings. The average molecular weight is 736 g/mol. The van der Waals surface area contributed by atoms with Gasteiger partial charge in [0.2, 0.25) is 5.91 Å². The topological polar surface area (TPSA) is 102 Å². The molecule has 2 heterocycles. The van der Waals surface area contributed by atoms with Crippen molar-refractivity contribution in [3.8, 4) is 0 Å². The van der Waals surface area contributed by atoms with Crippen molar-refractivity contribution >= 4 is 46.5 Å². The third-order valence-corrected chi connectivity index (χ3v) is 7.16. The number of piperidine rings is 1. The fraction of sp³-hybridized carbons (Fsp3) is 0.360. The van der Waals surface area contributed by atoms with Gasteiger partial charge in [-0.3, -0.25) is 10.9 Å². The van der Waals surface area contributed by atoms with Gasteiger partial charge in [-0.1, -0.05) is 53.6 Å². The van der Waals surface area contributed by atoms with Crippen LogP contribution in [-0.2, 0) is 9.53 Å². The van der Waals surface area contributed by atoms with Gasteiger partial charge in [0, 0.05) is 22.7 Å². The number of anilines is 1. The van der Waals surface area contributed by atoms with Crippen LogP contribution in [0.5, 0.6) is 0 Å². The number of carboxylic acids is 1. The minimum absolute atomic E-state index is 0. The first-order valence-corrected chi connectivity index (χ1v) is 11.9. The SMILES string of the molecule is [N-]=C(C(=[C-]C1CC1)CO[C@@H]1C[C@@H]2C[C@H]1C(=O)N2c1ccc(C(=O)O)nc1)c1c(Cl)cccc1Cl.[U+2]. The molecule has 5 rings (SSSR count). The van der Waals surface area contributed by atoms with Crippen LogP contribution in [0.15, 0.2) is 42.1 Å². The van der Waals surface area contributed by atoms with E-state index in [9.17, 15) is 15.0 Å². The van der Waals surface area contributed by atoms with Crippen molar-refractivity contribution in [2.75, 3.05) is 11.5 Å². The molecule has 178 valence electrons. The Bertz CT molecular complexity index is 1180. The predicted molar refractivity (Wildman–Crippen MR) is 128 cm³/mol. The largest absolute Gasteiger partial charge is 2.00 e. The van der Waals surface area contributed by atoms with Crippen molar-refractivity contribution in [2.24, 2.45) is 11.8 Å². The molecule has 2 bridgehead atoms. The number of nitrogens with zero attached hydrogens (tertiary/aromatic N) is 3. The first kappa shape index (κ1) is 26.4. The number of pyridine rings is 1. The van der Waals surface area contributed by atoms with Gasteiger partial charge >= 0.3 is 37.1 Å². The number of halogens is 2. The summed E-state index contributed by atoms with van der Waals surface area (Å²) in [5.41, 5.74) is 1.32. The summed E-state index contributed by atoms with van der Waals surface area (Å²) in [6.07, 6.45) is 7.74. The van der Waals surface area contributed by atoms with Crippen LogP contribution in [0, 0.1) is 49.0 Å². The molecule has 3 atom stereocenters. The van der Waals surface area contributed by atoms with Crippen molar-refractivity contribution in [2.45, 2.75) is 37.8 Å². The molecule has 1 saturated heterocycles. The van der Waals surface area contributed by atoms with Gasteiger partial charge in [0.1, 0.15) is 5.69 Å². The summed E-state index contributed by atoms with van der Waals surface area (Å²) in [5.74, 6) is -1.22. The molecule has 2 aliphatic carbocycles. The number of carbonyl (C=O) groups excluding carboxylic acids is 1. The maximum Gasteiger partial charge on any atom is 2.00 e. The minimum Gasteiger partial charge on any atom is -0.904 e. The number of aromatic carboxylic acids is 1. The van der Waals surface area contributed by atoms with Gasteiger partial charge in [-0.15, -0.1) is 0 Å². The van der Waals surface area contributed by atoms with Crippen molar-refractivity contribution in [3.63, 3.8) is 0 Å². The third-order valence-electron chi connectivity index (χ3n) is 6.53. The second-order valence-electron chi connectivity index (χ2n) is 8.84. The van der Waals surface area contributed by atoms with E-state index in [2.05, 4.69) is 11.1 Å². The second-order valence-corrected chi connectivity index (χ2v) is 9.65. The fourth-order valence-corrected chi connectivity index (χ4v) is 5.27. The van der Waals surface area contributed by atoms with Crippen molar-refractivity contribution < 1.29 is 50.5 Å². The quantitative estimate of drug-likeness (QED) is 0.311. The third kappa shape index (κ3) is 5.38. The number of carbonyl (C=O) groups is 2. The van der Waals surface area contributed by atoms with Gasteiger partial charge in [-0.25, -0.2) is 15.4 Å².